The summed E-state index contributed by atoms with van der Waals surface area (Å²) in [5, 5.41) is 2.75. The highest BCUT2D eigenvalue weighted by Gasteiger charge is 2.42. The number of carbonyl (C=O) groups is 2. The molecular formula is C14H23NO5. The Bertz CT molecular complexity index is 345. The number of ether oxygens (including phenoxy) is 3. The zero-order chi connectivity index (χ0) is 14.4. The number of amides is 1. The van der Waals surface area contributed by atoms with E-state index in [-0.39, 0.29) is 12.1 Å². The second kappa shape index (κ2) is 6.92. The van der Waals surface area contributed by atoms with Crippen LogP contribution in [-0.4, -0.2) is 44.0 Å². The fourth-order valence-corrected chi connectivity index (χ4v) is 2.90. The lowest BCUT2D eigenvalue weighted by atomic mass is 9.82. The average molecular weight is 285 g/mol. The Hall–Kier alpha value is -1.30. The molecule has 2 aliphatic rings. The average Bonchev–Trinajstić information content (AvgIpc) is 2.48. The molecule has 0 radical (unpaired) electrons. The highest BCUT2D eigenvalue weighted by Crippen LogP contribution is 2.29. The van der Waals surface area contributed by atoms with E-state index in [2.05, 4.69) is 5.32 Å². The Morgan fingerprint density at radius 2 is 1.80 bits per heavy atom. The van der Waals surface area contributed by atoms with Crippen molar-refractivity contribution in [2.45, 2.75) is 56.6 Å². The predicted octanol–water partition coefficient (Wildman–Crippen LogP) is 1.77. The molecule has 0 atom stereocenters. The molecule has 1 aliphatic heterocycles. The standard InChI is InChI=1S/C14H23NO5/c1-18-12(16)14(7-3-2-4-8-14)15-13(17)20-11-5-9-19-10-6-11/h11H,2-10H2,1H3,(H,15,17). The first kappa shape index (κ1) is 15.1. The van der Waals surface area contributed by atoms with Crippen LogP contribution in [0.15, 0.2) is 0 Å². The van der Waals surface area contributed by atoms with Gasteiger partial charge in [0.05, 0.1) is 20.3 Å². The summed E-state index contributed by atoms with van der Waals surface area (Å²) in [5.74, 6) is -0.374. The van der Waals surface area contributed by atoms with Crippen molar-refractivity contribution in [2.75, 3.05) is 20.3 Å². The molecule has 2 rings (SSSR count). The third kappa shape index (κ3) is 3.62. The summed E-state index contributed by atoms with van der Waals surface area (Å²) in [6.45, 7) is 1.22. The smallest absolute Gasteiger partial charge is 0.408 e. The minimum atomic E-state index is -0.907. The molecule has 0 aromatic rings. The topological polar surface area (TPSA) is 73.9 Å². The number of alkyl carbamates (subject to hydrolysis) is 1. The maximum atomic E-state index is 12.0. The second-order valence-electron chi connectivity index (χ2n) is 5.48. The van der Waals surface area contributed by atoms with Gasteiger partial charge in [-0.1, -0.05) is 19.3 Å². The zero-order valence-electron chi connectivity index (χ0n) is 12.0. The third-order valence-electron chi connectivity index (χ3n) is 4.07. The van der Waals surface area contributed by atoms with Gasteiger partial charge in [-0.25, -0.2) is 9.59 Å². The molecule has 2 fully saturated rings. The van der Waals surface area contributed by atoms with Crippen molar-refractivity contribution < 1.29 is 23.8 Å². The fraction of sp³-hybridized carbons (Fsp3) is 0.857. The van der Waals surface area contributed by atoms with Gasteiger partial charge in [-0.05, 0) is 12.8 Å². The number of esters is 1. The van der Waals surface area contributed by atoms with Crippen molar-refractivity contribution >= 4 is 12.1 Å². The summed E-state index contributed by atoms with van der Waals surface area (Å²) in [5.41, 5.74) is -0.907. The first-order valence-corrected chi connectivity index (χ1v) is 7.31. The van der Waals surface area contributed by atoms with Crippen molar-refractivity contribution in [3.63, 3.8) is 0 Å². The van der Waals surface area contributed by atoms with Crippen LogP contribution in [0.5, 0.6) is 0 Å². The summed E-state index contributed by atoms with van der Waals surface area (Å²) in [4.78, 5) is 24.0. The van der Waals surface area contributed by atoms with Gasteiger partial charge in [0.15, 0.2) is 0 Å². The van der Waals surface area contributed by atoms with Gasteiger partial charge in [0.2, 0.25) is 0 Å². The van der Waals surface area contributed by atoms with Crippen LogP contribution in [0, 0.1) is 0 Å². The van der Waals surface area contributed by atoms with Gasteiger partial charge in [0.1, 0.15) is 11.6 Å². The molecule has 1 heterocycles. The van der Waals surface area contributed by atoms with Crippen molar-refractivity contribution in [2.24, 2.45) is 0 Å². The van der Waals surface area contributed by atoms with Crippen LogP contribution in [0.2, 0.25) is 0 Å². The summed E-state index contributed by atoms with van der Waals surface area (Å²) in [6, 6.07) is 0. The molecule has 0 aromatic carbocycles. The van der Waals surface area contributed by atoms with Gasteiger partial charge in [-0.3, -0.25) is 0 Å². The second-order valence-corrected chi connectivity index (χ2v) is 5.48. The summed E-state index contributed by atoms with van der Waals surface area (Å²) >= 11 is 0. The maximum Gasteiger partial charge on any atom is 0.408 e. The number of nitrogens with one attached hydrogen (secondary N) is 1. The maximum absolute atomic E-state index is 12.0. The zero-order valence-corrected chi connectivity index (χ0v) is 12.0. The van der Waals surface area contributed by atoms with Crippen LogP contribution in [0.4, 0.5) is 4.79 Å². The summed E-state index contributed by atoms with van der Waals surface area (Å²) < 4.78 is 15.5. The molecule has 6 nitrogen and oxygen atoms in total. The van der Waals surface area contributed by atoms with E-state index in [4.69, 9.17) is 14.2 Å². The molecule has 0 aromatic heterocycles. The van der Waals surface area contributed by atoms with E-state index >= 15 is 0 Å². The molecule has 20 heavy (non-hydrogen) atoms. The lowest BCUT2D eigenvalue weighted by Crippen LogP contribution is -2.56. The van der Waals surface area contributed by atoms with Gasteiger partial charge < -0.3 is 19.5 Å². The first-order valence-electron chi connectivity index (χ1n) is 7.31. The minimum absolute atomic E-state index is 0.123. The number of rotatable bonds is 3. The number of hydrogen-bond donors (Lipinski definition) is 1. The number of carbonyl (C=O) groups excluding carboxylic acids is 2. The fourth-order valence-electron chi connectivity index (χ4n) is 2.90. The molecule has 1 amide bonds. The largest absolute Gasteiger partial charge is 0.467 e. The Balaban J connectivity index is 1.92. The third-order valence-corrected chi connectivity index (χ3v) is 4.07. The number of methoxy groups -OCH3 is 1. The van der Waals surface area contributed by atoms with Gasteiger partial charge in [-0.2, -0.15) is 0 Å². The molecular weight excluding hydrogens is 262 g/mol. The minimum Gasteiger partial charge on any atom is -0.467 e. The van der Waals surface area contributed by atoms with Crippen LogP contribution < -0.4 is 5.32 Å². The van der Waals surface area contributed by atoms with E-state index < -0.39 is 11.6 Å². The highest BCUT2D eigenvalue weighted by atomic mass is 16.6. The molecule has 0 spiro atoms. The van der Waals surface area contributed by atoms with Crippen molar-refractivity contribution in [3.8, 4) is 0 Å². The lowest BCUT2D eigenvalue weighted by molar-refractivity contribution is -0.150. The van der Waals surface area contributed by atoms with Gasteiger partial charge in [0.25, 0.3) is 0 Å². The Morgan fingerprint density at radius 3 is 2.40 bits per heavy atom. The lowest BCUT2D eigenvalue weighted by Gasteiger charge is -2.35. The molecule has 0 unspecified atom stereocenters. The van der Waals surface area contributed by atoms with Crippen LogP contribution in [-0.2, 0) is 19.0 Å². The van der Waals surface area contributed by atoms with E-state index in [0.29, 0.717) is 38.9 Å². The highest BCUT2D eigenvalue weighted by molar-refractivity contribution is 5.85. The Morgan fingerprint density at radius 1 is 1.15 bits per heavy atom. The predicted molar refractivity (Wildman–Crippen MR) is 71.3 cm³/mol. The van der Waals surface area contributed by atoms with Crippen LogP contribution in [0.1, 0.15) is 44.9 Å². The molecule has 1 saturated carbocycles. The molecule has 1 saturated heterocycles. The molecule has 6 heteroatoms. The van der Waals surface area contributed by atoms with Crippen molar-refractivity contribution in [1.82, 2.24) is 5.32 Å². The Kier molecular flexibility index (Phi) is 5.23. The van der Waals surface area contributed by atoms with Crippen LogP contribution >= 0.6 is 0 Å². The quantitative estimate of drug-likeness (QED) is 0.800. The van der Waals surface area contributed by atoms with Gasteiger partial charge in [-0.15, -0.1) is 0 Å². The molecule has 0 bridgehead atoms. The van der Waals surface area contributed by atoms with E-state index in [0.717, 1.165) is 19.3 Å². The van der Waals surface area contributed by atoms with Crippen LogP contribution in [0.3, 0.4) is 0 Å². The van der Waals surface area contributed by atoms with E-state index in [1.54, 1.807) is 0 Å². The summed E-state index contributed by atoms with van der Waals surface area (Å²) in [6.07, 6.45) is 4.89. The molecule has 1 N–H and O–H groups in total. The van der Waals surface area contributed by atoms with Gasteiger partial charge >= 0.3 is 12.1 Å². The SMILES string of the molecule is COC(=O)C1(NC(=O)OC2CCOCC2)CCCCC1. The normalized spacial score (nSPS) is 22.9. The summed E-state index contributed by atoms with van der Waals surface area (Å²) in [7, 11) is 1.35. The van der Waals surface area contributed by atoms with Crippen molar-refractivity contribution in [1.29, 1.82) is 0 Å². The van der Waals surface area contributed by atoms with Crippen molar-refractivity contribution in [3.05, 3.63) is 0 Å². The molecule has 1 aliphatic carbocycles. The van der Waals surface area contributed by atoms with E-state index in [1.165, 1.54) is 7.11 Å². The van der Waals surface area contributed by atoms with Gasteiger partial charge in [0, 0.05) is 12.8 Å². The molecule has 114 valence electrons. The Labute approximate surface area is 119 Å². The van der Waals surface area contributed by atoms with E-state index in [1.807, 2.05) is 0 Å². The van der Waals surface area contributed by atoms with E-state index in [9.17, 15) is 9.59 Å². The monoisotopic (exact) mass is 285 g/mol. The van der Waals surface area contributed by atoms with Crippen LogP contribution in [0.25, 0.3) is 0 Å². The first-order chi connectivity index (χ1) is 9.66. The number of hydrogen-bond acceptors (Lipinski definition) is 5.